The van der Waals surface area contributed by atoms with Crippen LogP contribution < -0.4 is 16.8 Å². The van der Waals surface area contributed by atoms with E-state index in [0.29, 0.717) is 11.5 Å². The highest BCUT2D eigenvalue weighted by molar-refractivity contribution is 7.19. The highest BCUT2D eigenvalue weighted by atomic mass is 32.1. The summed E-state index contributed by atoms with van der Waals surface area (Å²) in [6, 6.07) is 3.68. The average Bonchev–Trinajstić information content (AvgIpc) is 2.82. The van der Waals surface area contributed by atoms with Crippen LogP contribution in [0.25, 0.3) is 0 Å². The predicted octanol–water partition coefficient (Wildman–Crippen LogP) is 1.22. The minimum Gasteiger partial charge on any atom is -0.465 e. The largest absolute Gasteiger partial charge is 0.465 e. The van der Waals surface area contributed by atoms with E-state index in [1.165, 1.54) is 7.11 Å². The molecule has 7 nitrogen and oxygen atoms in total. The molecule has 0 bridgehead atoms. The van der Waals surface area contributed by atoms with Gasteiger partial charge < -0.3 is 21.5 Å². The molecule has 110 valence electrons. The van der Waals surface area contributed by atoms with Crippen molar-refractivity contribution in [2.24, 2.45) is 5.73 Å². The number of carbonyl (C=O) groups is 2. The number of esters is 1. The smallest absolute Gasteiger partial charge is 0.343 e. The van der Waals surface area contributed by atoms with Crippen molar-refractivity contribution in [3.63, 3.8) is 0 Å². The number of nitrogen functional groups attached to an aromatic ring is 1. The number of primary amides is 1. The van der Waals surface area contributed by atoms with E-state index in [-0.39, 0.29) is 16.1 Å². The fourth-order valence-corrected chi connectivity index (χ4v) is 2.70. The maximum atomic E-state index is 11.8. The van der Waals surface area contributed by atoms with Crippen molar-refractivity contribution in [1.29, 1.82) is 0 Å². The Kier molecular flexibility index (Phi) is 4.39. The lowest BCUT2D eigenvalue weighted by Crippen LogP contribution is -2.12. The summed E-state index contributed by atoms with van der Waals surface area (Å²) in [6.07, 6.45) is 3.36. The molecule has 0 aliphatic rings. The van der Waals surface area contributed by atoms with Crippen molar-refractivity contribution >= 4 is 33.9 Å². The molecule has 0 fully saturated rings. The number of rotatable bonds is 5. The molecule has 2 heterocycles. The van der Waals surface area contributed by atoms with E-state index in [1.54, 1.807) is 18.5 Å². The maximum absolute atomic E-state index is 11.8. The van der Waals surface area contributed by atoms with Gasteiger partial charge in [0.05, 0.1) is 12.8 Å². The van der Waals surface area contributed by atoms with Gasteiger partial charge in [0.2, 0.25) is 0 Å². The lowest BCUT2D eigenvalue weighted by molar-refractivity contribution is 0.0603. The van der Waals surface area contributed by atoms with Crippen LogP contribution in [0, 0.1) is 0 Å². The molecule has 0 unspecified atom stereocenters. The third-order valence-corrected chi connectivity index (χ3v) is 3.91. The van der Waals surface area contributed by atoms with Crippen LogP contribution in [0.1, 0.15) is 25.6 Å². The van der Waals surface area contributed by atoms with E-state index in [9.17, 15) is 9.59 Å². The zero-order valence-electron chi connectivity index (χ0n) is 11.3. The number of thiophene rings is 1. The predicted molar refractivity (Wildman–Crippen MR) is 80.2 cm³/mol. The Bertz CT molecular complexity index is 670. The van der Waals surface area contributed by atoms with E-state index >= 15 is 0 Å². The Balaban J connectivity index is 2.31. The fraction of sp³-hybridized carbons (Fsp3) is 0.154. The minimum atomic E-state index is -0.683. The van der Waals surface area contributed by atoms with Gasteiger partial charge in [0.25, 0.3) is 5.91 Å². The fourth-order valence-electron chi connectivity index (χ4n) is 1.74. The number of hydrogen-bond acceptors (Lipinski definition) is 7. The number of nitrogens with zero attached hydrogens (tertiary/aromatic N) is 1. The van der Waals surface area contributed by atoms with Crippen LogP contribution in [0.15, 0.2) is 24.5 Å². The molecule has 0 aliphatic heterocycles. The van der Waals surface area contributed by atoms with E-state index in [1.807, 2.05) is 6.07 Å². The number of carbonyl (C=O) groups excluding carboxylic acids is 2. The molecule has 0 saturated carbocycles. The Morgan fingerprint density at radius 3 is 2.81 bits per heavy atom. The molecule has 5 N–H and O–H groups in total. The molecule has 0 spiro atoms. The second-order valence-electron chi connectivity index (χ2n) is 4.12. The summed E-state index contributed by atoms with van der Waals surface area (Å²) in [5, 5.41) is 3.49. The molecule has 0 aliphatic carbocycles. The van der Waals surface area contributed by atoms with Crippen LogP contribution in [-0.2, 0) is 11.3 Å². The van der Waals surface area contributed by atoms with Gasteiger partial charge >= 0.3 is 5.97 Å². The normalized spacial score (nSPS) is 10.1. The van der Waals surface area contributed by atoms with Crippen molar-refractivity contribution in [1.82, 2.24) is 4.98 Å². The molecule has 2 rings (SSSR count). The molecular weight excluding hydrogens is 292 g/mol. The van der Waals surface area contributed by atoms with Gasteiger partial charge in [-0.05, 0) is 11.6 Å². The summed E-state index contributed by atoms with van der Waals surface area (Å²) in [5.74, 6) is -1.30. The summed E-state index contributed by atoms with van der Waals surface area (Å²) in [7, 11) is 1.24. The average molecular weight is 306 g/mol. The Hall–Kier alpha value is -2.61. The van der Waals surface area contributed by atoms with Crippen LogP contribution in [0.3, 0.4) is 0 Å². The lowest BCUT2D eigenvalue weighted by atomic mass is 10.2. The first kappa shape index (κ1) is 14.8. The highest BCUT2D eigenvalue weighted by Crippen LogP contribution is 2.36. The molecule has 0 radical (unpaired) electrons. The molecular formula is C13H14N4O3S. The van der Waals surface area contributed by atoms with Crippen LogP contribution in [-0.4, -0.2) is 24.0 Å². The van der Waals surface area contributed by atoms with Gasteiger partial charge in [-0.1, -0.05) is 6.07 Å². The number of hydrogen-bond donors (Lipinski definition) is 3. The summed E-state index contributed by atoms with van der Waals surface area (Å²) in [5.41, 5.74) is 12.1. The second-order valence-corrected chi connectivity index (χ2v) is 5.14. The van der Waals surface area contributed by atoms with Gasteiger partial charge in [0.15, 0.2) is 0 Å². The van der Waals surface area contributed by atoms with Gasteiger partial charge in [0, 0.05) is 18.9 Å². The summed E-state index contributed by atoms with van der Waals surface area (Å²) in [6.45, 7) is 0.427. The van der Waals surface area contributed by atoms with Gasteiger partial charge in [-0.2, -0.15) is 0 Å². The van der Waals surface area contributed by atoms with Gasteiger partial charge in [-0.15, -0.1) is 11.3 Å². The zero-order chi connectivity index (χ0) is 15.4. The van der Waals surface area contributed by atoms with Gasteiger partial charge in [-0.25, -0.2) is 4.79 Å². The molecule has 8 heteroatoms. The van der Waals surface area contributed by atoms with Crippen LogP contribution in [0.5, 0.6) is 0 Å². The molecule has 21 heavy (non-hydrogen) atoms. The summed E-state index contributed by atoms with van der Waals surface area (Å²) >= 11 is 1.03. The minimum absolute atomic E-state index is 0.0352. The Morgan fingerprint density at radius 2 is 2.24 bits per heavy atom. The summed E-state index contributed by atoms with van der Waals surface area (Å²) < 4.78 is 4.69. The standard InChI is InChI=1S/C13H14N4O3S/c1-20-13(19)8-9(14)10(11(15)18)21-12(8)17-6-7-3-2-4-16-5-7/h2-5,17H,6,14H2,1H3,(H2,15,18). The molecule has 0 atom stereocenters. The topological polar surface area (TPSA) is 120 Å². The van der Waals surface area contributed by atoms with Gasteiger partial charge in [-0.3, -0.25) is 9.78 Å². The number of ether oxygens (including phenoxy) is 1. The monoisotopic (exact) mass is 306 g/mol. The number of aromatic nitrogens is 1. The van der Waals surface area contributed by atoms with E-state index in [2.05, 4.69) is 15.0 Å². The zero-order valence-corrected chi connectivity index (χ0v) is 12.1. The van der Waals surface area contributed by atoms with E-state index in [0.717, 1.165) is 16.9 Å². The Labute approximate surface area is 124 Å². The van der Waals surface area contributed by atoms with E-state index < -0.39 is 11.9 Å². The molecule has 0 aromatic carbocycles. The molecule has 2 aromatic heterocycles. The van der Waals surface area contributed by atoms with Crippen molar-refractivity contribution in [2.45, 2.75) is 6.54 Å². The maximum Gasteiger partial charge on any atom is 0.343 e. The number of amides is 1. The number of anilines is 2. The van der Waals surface area contributed by atoms with Gasteiger partial charge in [0.1, 0.15) is 15.4 Å². The SMILES string of the molecule is COC(=O)c1c(NCc2cccnc2)sc(C(N)=O)c1N. The number of pyridine rings is 1. The van der Waals surface area contributed by atoms with Crippen molar-refractivity contribution in [3.8, 4) is 0 Å². The molecule has 0 saturated heterocycles. The quantitative estimate of drug-likeness (QED) is 0.714. The van der Waals surface area contributed by atoms with Crippen molar-refractivity contribution < 1.29 is 14.3 Å². The second kappa shape index (κ2) is 6.23. The molecule has 2 aromatic rings. The van der Waals surface area contributed by atoms with Crippen molar-refractivity contribution in [3.05, 3.63) is 40.5 Å². The number of methoxy groups -OCH3 is 1. The highest BCUT2D eigenvalue weighted by Gasteiger charge is 2.24. The first-order valence-corrected chi connectivity index (χ1v) is 6.79. The Morgan fingerprint density at radius 1 is 1.48 bits per heavy atom. The first-order valence-electron chi connectivity index (χ1n) is 5.97. The third kappa shape index (κ3) is 3.11. The number of nitrogens with two attached hydrogens (primary N) is 2. The van der Waals surface area contributed by atoms with E-state index in [4.69, 9.17) is 11.5 Å². The first-order chi connectivity index (χ1) is 10.0. The molecule has 1 amide bonds. The number of nitrogens with one attached hydrogen (secondary N) is 1. The van der Waals surface area contributed by atoms with Crippen LogP contribution >= 0.6 is 11.3 Å². The summed E-state index contributed by atoms with van der Waals surface area (Å²) in [4.78, 5) is 27.3. The lowest BCUT2D eigenvalue weighted by Gasteiger charge is -2.06. The van der Waals surface area contributed by atoms with Crippen LogP contribution in [0.2, 0.25) is 0 Å². The van der Waals surface area contributed by atoms with Crippen molar-refractivity contribution in [2.75, 3.05) is 18.2 Å². The third-order valence-electron chi connectivity index (χ3n) is 2.73. The van der Waals surface area contributed by atoms with Crippen LogP contribution in [0.4, 0.5) is 10.7 Å².